The number of nitrogens with zero attached hydrogens (tertiary/aromatic N) is 4. The fraction of sp³-hybridized carbons (Fsp3) is 0.455. The highest BCUT2D eigenvalue weighted by molar-refractivity contribution is 5.97. The molecule has 0 aliphatic carbocycles. The highest BCUT2D eigenvalue weighted by Crippen LogP contribution is 2.09. The molecule has 0 saturated carbocycles. The highest BCUT2D eigenvalue weighted by Gasteiger charge is 2.22. The van der Waals surface area contributed by atoms with Gasteiger partial charge in [-0.05, 0) is 44.0 Å². The minimum Gasteiger partial charge on any atom is -0.356 e. The number of amides is 2. The molecule has 1 aliphatic heterocycles. The summed E-state index contributed by atoms with van der Waals surface area (Å²) in [6.45, 7) is 7.46. The number of nitrogens with one attached hydrogen (secondary N) is 3. The first-order valence-corrected chi connectivity index (χ1v) is 10.6. The maximum atomic E-state index is 12.5. The smallest absolute Gasteiger partial charge is 0.254 e. The number of aryl methyl sites for hydroxylation is 3. The number of aromatic nitrogens is 2. The molecule has 31 heavy (non-hydrogen) atoms. The Hall–Kier alpha value is -3.36. The molecule has 3 N–H and O–H groups in total. The van der Waals surface area contributed by atoms with Crippen molar-refractivity contribution < 1.29 is 9.59 Å². The Morgan fingerprint density at radius 1 is 1.23 bits per heavy atom. The van der Waals surface area contributed by atoms with Crippen LogP contribution < -0.4 is 16.0 Å². The second kappa shape index (κ2) is 10.6. The normalized spacial score (nSPS) is 14.4. The fourth-order valence-electron chi connectivity index (χ4n) is 3.50. The SMILES string of the molecule is CN=C(NCCCn1nc(C)cc1C)NCc1ccc(C(=O)N2CCNC(=O)C2)cc1. The Morgan fingerprint density at radius 2 is 2.00 bits per heavy atom. The molecule has 1 fully saturated rings. The summed E-state index contributed by atoms with van der Waals surface area (Å²) in [5.74, 6) is 0.497. The van der Waals surface area contributed by atoms with Crippen LogP contribution in [0.4, 0.5) is 0 Å². The van der Waals surface area contributed by atoms with E-state index in [0.29, 0.717) is 25.2 Å². The van der Waals surface area contributed by atoms with Crippen molar-refractivity contribution in [2.24, 2.45) is 4.99 Å². The van der Waals surface area contributed by atoms with Crippen LogP contribution in [0.25, 0.3) is 0 Å². The summed E-state index contributed by atoms with van der Waals surface area (Å²) >= 11 is 0. The second-order valence-electron chi connectivity index (χ2n) is 7.63. The lowest BCUT2D eigenvalue weighted by Gasteiger charge is -2.26. The van der Waals surface area contributed by atoms with E-state index in [9.17, 15) is 9.59 Å². The average molecular weight is 426 g/mol. The summed E-state index contributed by atoms with van der Waals surface area (Å²) in [5.41, 5.74) is 3.84. The molecule has 2 heterocycles. The summed E-state index contributed by atoms with van der Waals surface area (Å²) < 4.78 is 2.02. The molecule has 0 radical (unpaired) electrons. The van der Waals surface area contributed by atoms with Gasteiger partial charge in [-0.1, -0.05) is 12.1 Å². The molecule has 9 heteroatoms. The van der Waals surface area contributed by atoms with E-state index in [1.165, 1.54) is 5.69 Å². The first-order chi connectivity index (χ1) is 15.0. The van der Waals surface area contributed by atoms with Gasteiger partial charge in [-0.2, -0.15) is 5.10 Å². The average Bonchev–Trinajstić information content (AvgIpc) is 3.10. The van der Waals surface area contributed by atoms with E-state index in [1.807, 2.05) is 23.7 Å². The number of benzene rings is 1. The molecule has 0 atom stereocenters. The second-order valence-corrected chi connectivity index (χ2v) is 7.63. The van der Waals surface area contributed by atoms with Crippen molar-refractivity contribution in [2.45, 2.75) is 33.4 Å². The molecule has 1 aliphatic rings. The van der Waals surface area contributed by atoms with Crippen molar-refractivity contribution in [1.29, 1.82) is 0 Å². The molecule has 2 aromatic rings. The number of hydrogen-bond donors (Lipinski definition) is 3. The van der Waals surface area contributed by atoms with E-state index in [0.717, 1.165) is 36.7 Å². The third-order valence-corrected chi connectivity index (χ3v) is 5.15. The summed E-state index contributed by atoms with van der Waals surface area (Å²) in [5, 5.41) is 13.8. The molecule has 2 amide bonds. The largest absolute Gasteiger partial charge is 0.356 e. The molecule has 9 nitrogen and oxygen atoms in total. The van der Waals surface area contributed by atoms with Crippen molar-refractivity contribution in [1.82, 2.24) is 30.6 Å². The summed E-state index contributed by atoms with van der Waals surface area (Å²) in [6, 6.07) is 9.52. The summed E-state index contributed by atoms with van der Waals surface area (Å²) in [4.78, 5) is 29.9. The maximum absolute atomic E-state index is 12.5. The zero-order valence-corrected chi connectivity index (χ0v) is 18.4. The van der Waals surface area contributed by atoms with Gasteiger partial charge in [0.1, 0.15) is 0 Å². The molecular formula is C22H31N7O2. The van der Waals surface area contributed by atoms with Crippen LogP contribution in [-0.2, 0) is 17.9 Å². The van der Waals surface area contributed by atoms with Gasteiger partial charge in [0, 0.05) is 51.0 Å². The van der Waals surface area contributed by atoms with Gasteiger partial charge in [-0.15, -0.1) is 0 Å². The number of rotatable bonds is 7. The monoisotopic (exact) mass is 425 g/mol. The number of carbonyl (C=O) groups excluding carboxylic acids is 2. The van der Waals surface area contributed by atoms with Crippen LogP contribution in [0, 0.1) is 13.8 Å². The van der Waals surface area contributed by atoms with Crippen LogP contribution >= 0.6 is 0 Å². The molecule has 166 valence electrons. The molecule has 1 aromatic carbocycles. The van der Waals surface area contributed by atoms with Crippen LogP contribution in [-0.4, -0.2) is 65.7 Å². The van der Waals surface area contributed by atoms with E-state index in [2.05, 4.69) is 39.0 Å². The Balaban J connectivity index is 1.42. The predicted octanol–water partition coefficient (Wildman–Crippen LogP) is 0.827. The standard InChI is InChI=1S/C22H31N7O2/c1-16-13-17(2)29(27-16)11-4-9-25-22(23-3)26-14-18-5-7-19(8-6-18)21(31)28-12-10-24-20(30)15-28/h5-8,13H,4,9-12,14-15H2,1-3H3,(H,24,30)(H2,23,25,26). The van der Waals surface area contributed by atoms with Crippen LogP contribution in [0.15, 0.2) is 35.3 Å². The lowest BCUT2D eigenvalue weighted by molar-refractivity contribution is -0.123. The lowest BCUT2D eigenvalue weighted by Crippen LogP contribution is -2.49. The van der Waals surface area contributed by atoms with E-state index in [-0.39, 0.29) is 18.4 Å². The first-order valence-electron chi connectivity index (χ1n) is 10.6. The van der Waals surface area contributed by atoms with Crippen LogP contribution in [0.3, 0.4) is 0 Å². The Morgan fingerprint density at radius 3 is 2.65 bits per heavy atom. The summed E-state index contributed by atoms with van der Waals surface area (Å²) in [6.07, 6.45) is 0.938. The van der Waals surface area contributed by atoms with E-state index >= 15 is 0 Å². The zero-order valence-electron chi connectivity index (χ0n) is 18.4. The minimum absolute atomic E-state index is 0.115. The van der Waals surface area contributed by atoms with Crippen molar-refractivity contribution in [3.05, 3.63) is 52.8 Å². The highest BCUT2D eigenvalue weighted by atomic mass is 16.2. The molecule has 0 bridgehead atoms. The Kier molecular flexibility index (Phi) is 7.64. The van der Waals surface area contributed by atoms with Gasteiger partial charge in [-0.25, -0.2) is 0 Å². The number of carbonyl (C=O) groups is 2. The quantitative estimate of drug-likeness (QED) is 0.346. The van der Waals surface area contributed by atoms with Crippen LogP contribution in [0.1, 0.15) is 33.7 Å². The fourth-order valence-corrected chi connectivity index (χ4v) is 3.50. The minimum atomic E-state index is -0.117. The number of aliphatic imine (C=N–C) groups is 1. The molecule has 0 unspecified atom stereocenters. The van der Waals surface area contributed by atoms with Gasteiger partial charge in [0.25, 0.3) is 5.91 Å². The van der Waals surface area contributed by atoms with Gasteiger partial charge in [0.05, 0.1) is 12.2 Å². The summed E-state index contributed by atoms with van der Waals surface area (Å²) in [7, 11) is 1.74. The van der Waals surface area contributed by atoms with Crippen molar-refractivity contribution in [3.8, 4) is 0 Å². The van der Waals surface area contributed by atoms with Crippen molar-refractivity contribution >= 4 is 17.8 Å². The van der Waals surface area contributed by atoms with Crippen molar-refractivity contribution in [2.75, 3.05) is 33.2 Å². The Bertz CT molecular complexity index is 934. The van der Waals surface area contributed by atoms with Crippen LogP contribution in [0.2, 0.25) is 0 Å². The number of piperazine rings is 1. The Labute approximate surface area is 182 Å². The first kappa shape index (κ1) is 22.3. The van der Waals surface area contributed by atoms with Gasteiger partial charge in [0.15, 0.2) is 5.96 Å². The maximum Gasteiger partial charge on any atom is 0.254 e. The van der Waals surface area contributed by atoms with Gasteiger partial charge < -0.3 is 20.9 Å². The van der Waals surface area contributed by atoms with Crippen LogP contribution in [0.5, 0.6) is 0 Å². The molecule has 1 aromatic heterocycles. The van der Waals surface area contributed by atoms with Crippen molar-refractivity contribution in [3.63, 3.8) is 0 Å². The topological polar surface area (TPSA) is 104 Å². The molecule has 0 spiro atoms. The van der Waals surface area contributed by atoms with E-state index in [4.69, 9.17) is 0 Å². The van der Waals surface area contributed by atoms with Gasteiger partial charge in [0.2, 0.25) is 5.91 Å². The third kappa shape index (κ3) is 6.31. The van der Waals surface area contributed by atoms with Gasteiger partial charge >= 0.3 is 0 Å². The zero-order chi connectivity index (χ0) is 22.2. The van der Waals surface area contributed by atoms with E-state index < -0.39 is 0 Å². The number of guanidine groups is 1. The molecular weight excluding hydrogens is 394 g/mol. The lowest BCUT2D eigenvalue weighted by atomic mass is 10.1. The third-order valence-electron chi connectivity index (χ3n) is 5.15. The van der Waals surface area contributed by atoms with E-state index in [1.54, 1.807) is 24.1 Å². The molecule has 1 saturated heterocycles. The predicted molar refractivity (Wildman–Crippen MR) is 120 cm³/mol. The molecule has 3 rings (SSSR count). The van der Waals surface area contributed by atoms with Gasteiger partial charge in [-0.3, -0.25) is 19.3 Å². The number of hydrogen-bond acceptors (Lipinski definition) is 4.